The Labute approximate surface area is 113 Å². The number of halogens is 1. The zero-order chi connectivity index (χ0) is 13.7. The predicted octanol–water partition coefficient (Wildman–Crippen LogP) is 3.87. The van der Waals surface area contributed by atoms with Crippen molar-refractivity contribution in [1.29, 1.82) is 0 Å². The monoisotopic (exact) mass is 261 g/mol. The molecule has 0 saturated heterocycles. The van der Waals surface area contributed by atoms with Gasteiger partial charge in [-0.1, -0.05) is 26.0 Å². The summed E-state index contributed by atoms with van der Waals surface area (Å²) in [6.45, 7) is 5.01. The Balaban J connectivity index is 2.13. The van der Waals surface area contributed by atoms with Crippen LogP contribution in [0.1, 0.15) is 37.0 Å². The predicted molar refractivity (Wildman–Crippen MR) is 74.6 cm³/mol. The Bertz CT molecular complexity index is 504. The average molecular weight is 261 g/mol. The van der Waals surface area contributed by atoms with E-state index in [1.807, 2.05) is 24.3 Å². The summed E-state index contributed by atoms with van der Waals surface area (Å²) in [5.41, 5.74) is 1.10. The fourth-order valence-corrected chi connectivity index (χ4v) is 2.15. The lowest BCUT2D eigenvalue weighted by molar-refractivity contribution is 0.396. The van der Waals surface area contributed by atoms with Crippen molar-refractivity contribution in [1.82, 2.24) is 5.32 Å². The van der Waals surface area contributed by atoms with Crippen LogP contribution < -0.4 is 5.32 Å². The van der Waals surface area contributed by atoms with Crippen LogP contribution in [-0.4, -0.2) is 6.54 Å². The largest absolute Gasteiger partial charge is 0.464 e. The van der Waals surface area contributed by atoms with Crippen molar-refractivity contribution >= 4 is 0 Å². The molecule has 2 rings (SSSR count). The molecule has 3 heteroatoms. The second-order valence-electron chi connectivity index (χ2n) is 4.60. The Kier molecular flexibility index (Phi) is 4.74. The van der Waals surface area contributed by atoms with Gasteiger partial charge < -0.3 is 9.73 Å². The van der Waals surface area contributed by atoms with Gasteiger partial charge in [0.15, 0.2) is 0 Å². The first-order chi connectivity index (χ1) is 9.22. The fraction of sp³-hybridized carbons (Fsp3) is 0.375. The Morgan fingerprint density at radius 3 is 2.42 bits per heavy atom. The van der Waals surface area contributed by atoms with Gasteiger partial charge >= 0.3 is 0 Å². The minimum absolute atomic E-state index is 0.135. The van der Waals surface area contributed by atoms with Gasteiger partial charge in [-0.15, -0.1) is 0 Å². The van der Waals surface area contributed by atoms with Crippen LogP contribution >= 0.6 is 0 Å². The normalized spacial score (nSPS) is 12.6. The first kappa shape index (κ1) is 13.8. The van der Waals surface area contributed by atoms with Gasteiger partial charge in [0.1, 0.15) is 17.3 Å². The summed E-state index contributed by atoms with van der Waals surface area (Å²) < 4.78 is 18.7. The lowest BCUT2D eigenvalue weighted by Gasteiger charge is -2.15. The molecule has 0 saturated carbocycles. The third-order valence-electron chi connectivity index (χ3n) is 3.18. The maximum atomic E-state index is 12.9. The van der Waals surface area contributed by atoms with Crippen molar-refractivity contribution < 1.29 is 8.81 Å². The summed E-state index contributed by atoms with van der Waals surface area (Å²) in [5, 5.41) is 3.41. The van der Waals surface area contributed by atoms with E-state index in [-0.39, 0.29) is 11.9 Å². The molecule has 1 aromatic carbocycles. The molecule has 0 aliphatic carbocycles. The molecule has 0 spiro atoms. The van der Waals surface area contributed by atoms with Crippen molar-refractivity contribution in [3.05, 3.63) is 59.3 Å². The summed E-state index contributed by atoms with van der Waals surface area (Å²) in [6, 6.07) is 10.8. The molecule has 1 N–H and O–H groups in total. The molecule has 0 amide bonds. The summed E-state index contributed by atoms with van der Waals surface area (Å²) in [5.74, 6) is 1.75. The Morgan fingerprint density at radius 2 is 1.84 bits per heavy atom. The van der Waals surface area contributed by atoms with Crippen molar-refractivity contribution in [3.8, 4) is 0 Å². The maximum Gasteiger partial charge on any atom is 0.123 e. The standard InChI is InChI=1S/C16H20FNO/c1-3-14-9-10-16(19-14)15(18-4-2)11-12-5-7-13(17)8-6-12/h5-10,15,18H,3-4,11H2,1-2H3. The molecule has 19 heavy (non-hydrogen) atoms. The second-order valence-corrected chi connectivity index (χ2v) is 4.60. The first-order valence-corrected chi connectivity index (χ1v) is 6.79. The molecule has 1 unspecified atom stereocenters. The SMILES string of the molecule is CCNC(Cc1ccc(F)cc1)c1ccc(CC)o1. The van der Waals surface area contributed by atoms with Crippen molar-refractivity contribution in [2.24, 2.45) is 0 Å². The Morgan fingerprint density at radius 1 is 1.11 bits per heavy atom. The second kappa shape index (κ2) is 6.53. The van der Waals surface area contributed by atoms with Gasteiger partial charge in [-0.25, -0.2) is 4.39 Å². The Hall–Kier alpha value is -1.61. The summed E-state index contributed by atoms with van der Waals surface area (Å²) in [4.78, 5) is 0. The van der Waals surface area contributed by atoms with E-state index in [2.05, 4.69) is 19.2 Å². The number of furan rings is 1. The molecule has 0 aliphatic rings. The van der Waals surface area contributed by atoms with E-state index in [0.717, 1.165) is 36.5 Å². The lowest BCUT2D eigenvalue weighted by Crippen LogP contribution is -2.22. The van der Waals surface area contributed by atoms with Gasteiger partial charge in [0.05, 0.1) is 6.04 Å². The molecule has 1 heterocycles. The number of hydrogen-bond donors (Lipinski definition) is 1. The number of aryl methyl sites for hydroxylation is 1. The molecule has 1 atom stereocenters. The molecule has 2 nitrogen and oxygen atoms in total. The first-order valence-electron chi connectivity index (χ1n) is 6.79. The molecule has 2 aromatic rings. The van der Waals surface area contributed by atoms with Crippen LogP contribution in [-0.2, 0) is 12.8 Å². The molecular formula is C16H20FNO. The number of nitrogens with one attached hydrogen (secondary N) is 1. The third kappa shape index (κ3) is 3.67. The van der Waals surface area contributed by atoms with E-state index in [9.17, 15) is 4.39 Å². The maximum absolute atomic E-state index is 12.9. The smallest absolute Gasteiger partial charge is 0.123 e. The molecule has 102 valence electrons. The van der Waals surface area contributed by atoms with Gasteiger partial charge in [0.2, 0.25) is 0 Å². The molecule has 1 aromatic heterocycles. The number of likely N-dealkylation sites (N-methyl/N-ethyl adjacent to an activating group) is 1. The minimum atomic E-state index is -0.199. The minimum Gasteiger partial charge on any atom is -0.464 e. The van der Waals surface area contributed by atoms with Crippen LogP contribution in [0.3, 0.4) is 0 Å². The van der Waals surface area contributed by atoms with Gasteiger partial charge in [-0.2, -0.15) is 0 Å². The highest BCUT2D eigenvalue weighted by atomic mass is 19.1. The number of benzene rings is 1. The van der Waals surface area contributed by atoms with Crippen molar-refractivity contribution in [3.63, 3.8) is 0 Å². The van der Waals surface area contributed by atoms with E-state index in [0.29, 0.717) is 0 Å². The van der Waals surface area contributed by atoms with Crippen LogP contribution in [0.5, 0.6) is 0 Å². The van der Waals surface area contributed by atoms with Crippen LogP contribution in [0.15, 0.2) is 40.8 Å². The quantitative estimate of drug-likeness (QED) is 0.853. The third-order valence-corrected chi connectivity index (χ3v) is 3.18. The van der Waals surface area contributed by atoms with Gasteiger partial charge in [0, 0.05) is 6.42 Å². The fourth-order valence-electron chi connectivity index (χ4n) is 2.15. The van der Waals surface area contributed by atoms with Crippen LogP contribution in [0.4, 0.5) is 4.39 Å². The lowest BCUT2D eigenvalue weighted by atomic mass is 10.0. The highest BCUT2D eigenvalue weighted by molar-refractivity contribution is 5.20. The van der Waals surface area contributed by atoms with E-state index < -0.39 is 0 Å². The van der Waals surface area contributed by atoms with Gasteiger partial charge in [-0.3, -0.25) is 0 Å². The highest BCUT2D eigenvalue weighted by Gasteiger charge is 2.15. The van der Waals surface area contributed by atoms with Crippen LogP contribution in [0.2, 0.25) is 0 Å². The van der Waals surface area contributed by atoms with Crippen molar-refractivity contribution in [2.45, 2.75) is 32.7 Å². The summed E-state index contributed by atoms with van der Waals surface area (Å²) in [6.07, 6.45) is 1.69. The zero-order valence-electron chi connectivity index (χ0n) is 11.4. The molecule has 0 aliphatic heterocycles. The van der Waals surface area contributed by atoms with E-state index in [4.69, 9.17) is 4.42 Å². The zero-order valence-corrected chi connectivity index (χ0v) is 11.4. The average Bonchev–Trinajstić information content (AvgIpc) is 2.89. The summed E-state index contributed by atoms with van der Waals surface area (Å²) >= 11 is 0. The van der Waals surface area contributed by atoms with E-state index >= 15 is 0 Å². The van der Waals surface area contributed by atoms with E-state index in [1.165, 1.54) is 12.1 Å². The van der Waals surface area contributed by atoms with Crippen LogP contribution in [0, 0.1) is 5.82 Å². The molecule has 0 bridgehead atoms. The molecular weight excluding hydrogens is 241 g/mol. The molecule has 0 radical (unpaired) electrons. The topological polar surface area (TPSA) is 25.2 Å². The van der Waals surface area contributed by atoms with Gasteiger partial charge in [-0.05, 0) is 42.8 Å². The highest BCUT2D eigenvalue weighted by Crippen LogP contribution is 2.21. The molecule has 0 fully saturated rings. The number of rotatable bonds is 6. The van der Waals surface area contributed by atoms with E-state index in [1.54, 1.807) is 0 Å². The number of hydrogen-bond acceptors (Lipinski definition) is 2. The van der Waals surface area contributed by atoms with Crippen LogP contribution in [0.25, 0.3) is 0 Å². The van der Waals surface area contributed by atoms with Crippen molar-refractivity contribution in [2.75, 3.05) is 6.54 Å². The summed E-state index contributed by atoms with van der Waals surface area (Å²) in [7, 11) is 0. The van der Waals surface area contributed by atoms with Gasteiger partial charge in [0.25, 0.3) is 0 Å².